The molecule has 1 aromatic carbocycles. The summed E-state index contributed by atoms with van der Waals surface area (Å²) in [5.74, 6) is -0.191. The minimum absolute atomic E-state index is 0.296. The van der Waals surface area contributed by atoms with E-state index in [4.69, 9.17) is 14.2 Å². The second-order valence-electron chi connectivity index (χ2n) is 4.46. The Labute approximate surface area is 110 Å². The Hall–Kier alpha value is -1.82. The first-order chi connectivity index (χ1) is 9.11. The standard InChI is InChI=1S/C13H16FNO4/c1-17-11-4-3-9(14)5-10(11)15-6-13(7-19-8-13)12(16)18-2/h3-5,15H,6-8H2,1-2H3. The Morgan fingerprint density at radius 2 is 2.21 bits per heavy atom. The number of esters is 1. The van der Waals surface area contributed by atoms with E-state index in [9.17, 15) is 9.18 Å². The molecule has 2 rings (SSSR count). The Bertz CT molecular complexity index is 474. The topological polar surface area (TPSA) is 56.8 Å². The number of rotatable bonds is 5. The Kier molecular flexibility index (Phi) is 3.90. The maximum atomic E-state index is 13.2. The van der Waals surface area contributed by atoms with Crippen LogP contribution in [0.4, 0.5) is 10.1 Å². The second-order valence-corrected chi connectivity index (χ2v) is 4.46. The zero-order chi connectivity index (χ0) is 13.9. The molecule has 0 aromatic heterocycles. The summed E-state index contributed by atoms with van der Waals surface area (Å²) in [5, 5.41) is 3.02. The lowest BCUT2D eigenvalue weighted by atomic mass is 9.86. The number of carbonyl (C=O) groups is 1. The third-order valence-electron chi connectivity index (χ3n) is 3.15. The number of hydrogen-bond donors (Lipinski definition) is 1. The maximum Gasteiger partial charge on any atom is 0.318 e. The van der Waals surface area contributed by atoms with Gasteiger partial charge in [0.25, 0.3) is 0 Å². The molecule has 19 heavy (non-hydrogen) atoms. The quantitative estimate of drug-likeness (QED) is 0.820. The predicted octanol–water partition coefficient (Wildman–Crippen LogP) is 1.44. The molecule has 0 saturated carbocycles. The average molecular weight is 269 g/mol. The minimum Gasteiger partial charge on any atom is -0.495 e. The van der Waals surface area contributed by atoms with Gasteiger partial charge in [-0.3, -0.25) is 4.79 Å². The van der Waals surface area contributed by atoms with Gasteiger partial charge in [0.1, 0.15) is 17.0 Å². The van der Waals surface area contributed by atoms with E-state index in [1.165, 1.54) is 32.4 Å². The van der Waals surface area contributed by atoms with Gasteiger partial charge in [-0.05, 0) is 12.1 Å². The SMILES string of the molecule is COC(=O)C1(CNc2cc(F)ccc2OC)COC1. The van der Waals surface area contributed by atoms with E-state index in [0.717, 1.165) is 0 Å². The predicted molar refractivity (Wildman–Crippen MR) is 66.7 cm³/mol. The van der Waals surface area contributed by atoms with Crippen molar-refractivity contribution >= 4 is 11.7 Å². The second kappa shape index (κ2) is 5.44. The van der Waals surface area contributed by atoms with Crippen molar-refractivity contribution in [2.24, 2.45) is 5.41 Å². The van der Waals surface area contributed by atoms with Crippen molar-refractivity contribution in [3.8, 4) is 5.75 Å². The summed E-state index contributed by atoms with van der Waals surface area (Å²) < 4.78 is 28.2. The number of ether oxygens (including phenoxy) is 3. The average Bonchev–Trinajstić information content (AvgIpc) is 2.37. The molecule has 6 heteroatoms. The number of carbonyl (C=O) groups excluding carboxylic acids is 1. The minimum atomic E-state index is -0.702. The number of benzene rings is 1. The molecule has 0 unspecified atom stereocenters. The van der Waals surface area contributed by atoms with Crippen molar-refractivity contribution in [2.45, 2.75) is 0 Å². The molecule has 0 radical (unpaired) electrons. The Morgan fingerprint density at radius 1 is 1.47 bits per heavy atom. The molecule has 0 atom stereocenters. The molecule has 1 aromatic rings. The number of anilines is 1. The van der Waals surface area contributed by atoms with Crippen molar-refractivity contribution in [3.63, 3.8) is 0 Å². The first kappa shape index (κ1) is 13.6. The van der Waals surface area contributed by atoms with Crippen molar-refractivity contribution in [1.29, 1.82) is 0 Å². The van der Waals surface area contributed by atoms with Gasteiger partial charge in [-0.25, -0.2) is 4.39 Å². The first-order valence-corrected chi connectivity index (χ1v) is 5.85. The summed E-state index contributed by atoms with van der Waals surface area (Å²) in [5.41, 5.74) is -0.204. The van der Waals surface area contributed by atoms with E-state index in [0.29, 0.717) is 31.2 Å². The summed E-state index contributed by atoms with van der Waals surface area (Å²) in [7, 11) is 2.84. The van der Waals surface area contributed by atoms with Crippen LogP contribution in [0.2, 0.25) is 0 Å². The monoisotopic (exact) mass is 269 g/mol. The van der Waals surface area contributed by atoms with Crippen LogP contribution in [-0.4, -0.2) is 39.9 Å². The summed E-state index contributed by atoms with van der Waals surface area (Å²) >= 11 is 0. The number of nitrogens with one attached hydrogen (secondary N) is 1. The zero-order valence-corrected chi connectivity index (χ0v) is 10.9. The Balaban J connectivity index is 2.09. The fraction of sp³-hybridized carbons (Fsp3) is 0.462. The molecule has 1 aliphatic heterocycles. The van der Waals surface area contributed by atoms with Gasteiger partial charge in [0, 0.05) is 12.6 Å². The fourth-order valence-corrected chi connectivity index (χ4v) is 1.94. The highest BCUT2D eigenvalue weighted by atomic mass is 19.1. The number of hydrogen-bond acceptors (Lipinski definition) is 5. The summed E-state index contributed by atoms with van der Waals surface area (Å²) in [6, 6.07) is 4.16. The van der Waals surface area contributed by atoms with E-state index in [1.807, 2.05) is 0 Å². The van der Waals surface area contributed by atoms with Gasteiger partial charge in [-0.2, -0.15) is 0 Å². The zero-order valence-electron chi connectivity index (χ0n) is 10.9. The number of methoxy groups -OCH3 is 2. The van der Waals surface area contributed by atoms with Gasteiger partial charge >= 0.3 is 5.97 Å². The van der Waals surface area contributed by atoms with Crippen LogP contribution in [0.5, 0.6) is 5.75 Å². The molecule has 1 heterocycles. The van der Waals surface area contributed by atoms with Crippen LogP contribution >= 0.6 is 0 Å². The molecule has 1 fully saturated rings. The molecule has 5 nitrogen and oxygen atoms in total. The molecule has 0 amide bonds. The highest BCUT2D eigenvalue weighted by Crippen LogP contribution is 2.31. The van der Waals surface area contributed by atoms with Gasteiger partial charge in [0.05, 0.1) is 33.1 Å². The molecule has 1 saturated heterocycles. The van der Waals surface area contributed by atoms with Gasteiger partial charge in [-0.1, -0.05) is 0 Å². The van der Waals surface area contributed by atoms with Gasteiger partial charge in [0.2, 0.25) is 0 Å². The van der Waals surface area contributed by atoms with E-state index in [1.54, 1.807) is 0 Å². The van der Waals surface area contributed by atoms with Crippen LogP contribution in [0.25, 0.3) is 0 Å². The van der Waals surface area contributed by atoms with Crippen molar-refractivity contribution < 1.29 is 23.4 Å². The molecule has 1 aliphatic rings. The van der Waals surface area contributed by atoms with Gasteiger partial charge in [-0.15, -0.1) is 0 Å². The summed E-state index contributed by atoms with van der Waals surface area (Å²) in [4.78, 5) is 11.7. The van der Waals surface area contributed by atoms with Gasteiger partial charge in [0.15, 0.2) is 0 Å². The summed E-state index contributed by atoms with van der Waals surface area (Å²) in [6.07, 6.45) is 0. The molecular formula is C13H16FNO4. The van der Waals surface area contributed by atoms with Crippen molar-refractivity contribution in [3.05, 3.63) is 24.0 Å². The third kappa shape index (κ3) is 2.63. The van der Waals surface area contributed by atoms with Crippen LogP contribution in [0, 0.1) is 11.2 Å². The normalized spacial score (nSPS) is 16.4. The summed E-state index contributed by atoms with van der Waals surface area (Å²) in [6.45, 7) is 0.897. The highest BCUT2D eigenvalue weighted by Gasteiger charge is 2.47. The van der Waals surface area contributed by atoms with Crippen molar-refractivity contribution in [2.75, 3.05) is 39.3 Å². The highest BCUT2D eigenvalue weighted by molar-refractivity contribution is 5.79. The number of halogens is 1. The van der Waals surface area contributed by atoms with Crippen LogP contribution in [0.15, 0.2) is 18.2 Å². The van der Waals surface area contributed by atoms with E-state index in [2.05, 4.69) is 5.32 Å². The molecule has 0 aliphatic carbocycles. The van der Waals surface area contributed by atoms with Crippen LogP contribution in [0.1, 0.15) is 0 Å². The lowest BCUT2D eigenvalue weighted by molar-refractivity contribution is -0.180. The third-order valence-corrected chi connectivity index (χ3v) is 3.15. The van der Waals surface area contributed by atoms with E-state index in [-0.39, 0.29) is 11.8 Å². The van der Waals surface area contributed by atoms with Crippen LogP contribution in [-0.2, 0) is 14.3 Å². The molecular weight excluding hydrogens is 253 g/mol. The molecule has 104 valence electrons. The fourth-order valence-electron chi connectivity index (χ4n) is 1.94. The molecule has 0 bridgehead atoms. The lowest BCUT2D eigenvalue weighted by Crippen LogP contribution is -2.54. The molecule has 0 spiro atoms. The Morgan fingerprint density at radius 3 is 2.74 bits per heavy atom. The van der Waals surface area contributed by atoms with Crippen LogP contribution in [0.3, 0.4) is 0 Å². The first-order valence-electron chi connectivity index (χ1n) is 5.85. The van der Waals surface area contributed by atoms with Crippen LogP contribution < -0.4 is 10.1 Å². The van der Waals surface area contributed by atoms with E-state index < -0.39 is 5.41 Å². The van der Waals surface area contributed by atoms with E-state index >= 15 is 0 Å². The van der Waals surface area contributed by atoms with Crippen molar-refractivity contribution in [1.82, 2.24) is 0 Å². The maximum absolute atomic E-state index is 13.2. The largest absolute Gasteiger partial charge is 0.495 e. The van der Waals surface area contributed by atoms with Gasteiger partial charge < -0.3 is 19.5 Å². The smallest absolute Gasteiger partial charge is 0.318 e. The lowest BCUT2D eigenvalue weighted by Gasteiger charge is -2.38. The molecule has 1 N–H and O–H groups in total.